The van der Waals surface area contributed by atoms with Gasteiger partial charge in [-0.25, -0.2) is 0 Å². The van der Waals surface area contributed by atoms with Gasteiger partial charge in [-0.3, -0.25) is 4.79 Å². The number of aliphatic hydroxyl groups excluding tert-OH is 1. The number of rotatable bonds is 5. The highest BCUT2D eigenvalue weighted by Gasteiger charge is 2.22. The maximum atomic E-state index is 12.1. The molecule has 0 bridgehead atoms. The first kappa shape index (κ1) is 15.2. The summed E-state index contributed by atoms with van der Waals surface area (Å²) in [6.07, 6.45) is 9.10. The molecular weight excluding hydrogens is 226 g/mol. The van der Waals surface area contributed by atoms with Gasteiger partial charge in [0.2, 0.25) is 0 Å². The molecule has 1 N–H and O–H groups in total. The highest BCUT2D eigenvalue weighted by Crippen LogP contribution is 2.27. The van der Waals surface area contributed by atoms with Crippen molar-refractivity contribution in [3.8, 4) is 0 Å². The SMILES string of the molecule is CCCC(O)/C(=C/C1CCCCC1)C(=O)N(C)C. The van der Waals surface area contributed by atoms with Crippen LogP contribution in [0.5, 0.6) is 0 Å². The number of carbonyl (C=O) groups is 1. The Kier molecular flexibility index (Phi) is 6.41. The van der Waals surface area contributed by atoms with E-state index < -0.39 is 6.10 Å². The van der Waals surface area contributed by atoms with Crippen LogP contribution in [-0.4, -0.2) is 36.1 Å². The van der Waals surface area contributed by atoms with E-state index in [1.807, 2.05) is 13.0 Å². The summed E-state index contributed by atoms with van der Waals surface area (Å²) in [5.41, 5.74) is 0.605. The fourth-order valence-corrected chi connectivity index (χ4v) is 2.57. The lowest BCUT2D eigenvalue weighted by molar-refractivity contribution is -0.125. The van der Waals surface area contributed by atoms with Crippen molar-refractivity contribution >= 4 is 5.91 Å². The standard InChI is InChI=1S/C15H27NO2/c1-4-8-14(17)13(15(18)16(2)3)11-12-9-6-5-7-10-12/h11-12,14,17H,4-10H2,1-3H3/b13-11-. The molecule has 0 saturated heterocycles. The van der Waals surface area contributed by atoms with Crippen LogP contribution < -0.4 is 0 Å². The van der Waals surface area contributed by atoms with Crippen molar-refractivity contribution in [2.24, 2.45) is 5.92 Å². The summed E-state index contributed by atoms with van der Waals surface area (Å²) in [6.45, 7) is 2.03. The summed E-state index contributed by atoms with van der Waals surface area (Å²) in [4.78, 5) is 13.7. The van der Waals surface area contributed by atoms with Crippen LogP contribution in [0.15, 0.2) is 11.6 Å². The Morgan fingerprint density at radius 1 is 1.33 bits per heavy atom. The molecule has 1 amide bonds. The lowest BCUT2D eigenvalue weighted by atomic mass is 9.86. The van der Waals surface area contributed by atoms with Crippen molar-refractivity contribution in [1.82, 2.24) is 4.90 Å². The predicted molar refractivity (Wildman–Crippen MR) is 74.3 cm³/mol. The van der Waals surface area contributed by atoms with Crippen LogP contribution in [0.3, 0.4) is 0 Å². The van der Waals surface area contributed by atoms with Gasteiger partial charge in [0.05, 0.1) is 6.10 Å². The summed E-state index contributed by atoms with van der Waals surface area (Å²) >= 11 is 0. The highest BCUT2D eigenvalue weighted by atomic mass is 16.3. The molecule has 3 nitrogen and oxygen atoms in total. The largest absolute Gasteiger partial charge is 0.388 e. The van der Waals surface area contributed by atoms with Gasteiger partial charge in [-0.15, -0.1) is 0 Å². The summed E-state index contributed by atoms with van der Waals surface area (Å²) in [5, 5.41) is 10.1. The number of nitrogens with zero attached hydrogens (tertiary/aromatic N) is 1. The number of allylic oxidation sites excluding steroid dienone is 1. The van der Waals surface area contributed by atoms with Crippen LogP contribution in [0.2, 0.25) is 0 Å². The lowest BCUT2D eigenvalue weighted by Gasteiger charge is -2.23. The van der Waals surface area contributed by atoms with E-state index in [4.69, 9.17) is 0 Å². The van der Waals surface area contributed by atoms with Gasteiger partial charge in [0, 0.05) is 19.7 Å². The summed E-state index contributed by atoms with van der Waals surface area (Å²) in [7, 11) is 3.49. The maximum absolute atomic E-state index is 12.1. The molecule has 18 heavy (non-hydrogen) atoms. The first-order chi connectivity index (χ1) is 8.56. The van der Waals surface area contributed by atoms with Gasteiger partial charge in [0.15, 0.2) is 0 Å². The minimum absolute atomic E-state index is 0.0403. The number of aliphatic hydroxyl groups is 1. The van der Waals surface area contributed by atoms with E-state index in [0.29, 0.717) is 17.9 Å². The Hall–Kier alpha value is -0.830. The fraction of sp³-hybridized carbons (Fsp3) is 0.800. The minimum atomic E-state index is -0.605. The third-order valence-corrected chi connectivity index (χ3v) is 3.64. The van der Waals surface area contributed by atoms with Crippen molar-refractivity contribution in [2.75, 3.05) is 14.1 Å². The molecule has 0 aromatic heterocycles. The van der Waals surface area contributed by atoms with Crippen molar-refractivity contribution < 1.29 is 9.90 Å². The Balaban J connectivity index is 2.80. The van der Waals surface area contributed by atoms with Crippen LogP contribution >= 0.6 is 0 Å². The lowest BCUT2D eigenvalue weighted by Crippen LogP contribution is -2.30. The third-order valence-electron chi connectivity index (χ3n) is 3.64. The highest BCUT2D eigenvalue weighted by molar-refractivity contribution is 5.94. The van der Waals surface area contributed by atoms with Crippen molar-refractivity contribution in [1.29, 1.82) is 0 Å². The number of amides is 1. The van der Waals surface area contributed by atoms with E-state index >= 15 is 0 Å². The molecule has 0 heterocycles. The molecule has 1 saturated carbocycles. The van der Waals surface area contributed by atoms with Gasteiger partial charge in [-0.1, -0.05) is 38.7 Å². The zero-order valence-electron chi connectivity index (χ0n) is 12.0. The Labute approximate surface area is 111 Å². The van der Waals surface area contributed by atoms with Crippen LogP contribution in [0, 0.1) is 5.92 Å². The van der Waals surface area contributed by atoms with Crippen molar-refractivity contribution in [3.63, 3.8) is 0 Å². The fourth-order valence-electron chi connectivity index (χ4n) is 2.57. The number of carbonyl (C=O) groups excluding carboxylic acids is 1. The molecular formula is C15H27NO2. The third kappa shape index (κ3) is 4.45. The molecule has 0 aromatic rings. The second-order valence-electron chi connectivity index (χ2n) is 5.52. The molecule has 1 unspecified atom stereocenters. The van der Waals surface area contributed by atoms with Crippen molar-refractivity contribution in [3.05, 3.63) is 11.6 Å². The van der Waals surface area contributed by atoms with Gasteiger partial charge in [0.1, 0.15) is 0 Å². The summed E-state index contributed by atoms with van der Waals surface area (Å²) in [5.74, 6) is 0.436. The number of likely N-dealkylation sites (N-methyl/N-ethyl adjacent to an activating group) is 1. The number of hydrogen-bond acceptors (Lipinski definition) is 2. The zero-order valence-corrected chi connectivity index (χ0v) is 12.0. The molecule has 1 fully saturated rings. The maximum Gasteiger partial charge on any atom is 0.251 e. The minimum Gasteiger partial charge on any atom is -0.388 e. The van der Waals surface area contributed by atoms with Gasteiger partial charge in [0.25, 0.3) is 5.91 Å². The molecule has 0 aliphatic heterocycles. The molecule has 104 valence electrons. The van der Waals surface area contributed by atoms with Gasteiger partial charge < -0.3 is 10.0 Å². The predicted octanol–water partition coefficient (Wildman–Crippen LogP) is 2.74. The van der Waals surface area contributed by atoms with Crippen LogP contribution in [0.4, 0.5) is 0 Å². The average Bonchev–Trinajstić information content (AvgIpc) is 2.36. The van der Waals surface area contributed by atoms with Crippen LogP contribution in [-0.2, 0) is 4.79 Å². The quantitative estimate of drug-likeness (QED) is 0.765. The normalized spacial score (nSPS) is 19.7. The Morgan fingerprint density at radius 2 is 1.94 bits per heavy atom. The monoisotopic (exact) mass is 253 g/mol. The van der Waals surface area contributed by atoms with Gasteiger partial charge in [-0.05, 0) is 25.2 Å². The van der Waals surface area contributed by atoms with Crippen LogP contribution in [0.1, 0.15) is 51.9 Å². The van der Waals surface area contributed by atoms with E-state index in [1.165, 1.54) is 19.3 Å². The van der Waals surface area contributed by atoms with E-state index in [9.17, 15) is 9.90 Å². The Morgan fingerprint density at radius 3 is 2.44 bits per heavy atom. The van der Waals surface area contributed by atoms with Gasteiger partial charge >= 0.3 is 0 Å². The van der Waals surface area contributed by atoms with E-state index in [0.717, 1.165) is 19.3 Å². The molecule has 1 atom stereocenters. The Bertz CT molecular complexity index is 291. The summed E-state index contributed by atoms with van der Waals surface area (Å²) in [6, 6.07) is 0. The van der Waals surface area contributed by atoms with Crippen LogP contribution in [0.25, 0.3) is 0 Å². The van der Waals surface area contributed by atoms with E-state index in [2.05, 4.69) is 0 Å². The second kappa shape index (κ2) is 7.57. The first-order valence-electron chi connectivity index (χ1n) is 7.17. The zero-order chi connectivity index (χ0) is 13.5. The molecule has 3 heteroatoms. The molecule has 0 radical (unpaired) electrons. The topological polar surface area (TPSA) is 40.5 Å². The van der Waals surface area contributed by atoms with Gasteiger partial charge in [-0.2, -0.15) is 0 Å². The smallest absolute Gasteiger partial charge is 0.251 e. The van der Waals surface area contributed by atoms with Crippen molar-refractivity contribution in [2.45, 2.75) is 58.0 Å². The molecule has 0 aromatic carbocycles. The molecule has 1 rings (SSSR count). The van der Waals surface area contributed by atoms with E-state index in [-0.39, 0.29) is 5.91 Å². The molecule has 1 aliphatic rings. The number of hydrogen-bond donors (Lipinski definition) is 1. The molecule has 1 aliphatic carbocycles. The summed E-state index contributed by atoms with van der Waals surface area (Å²) < 4.78 is 0. The molecule has 0 spiro atoms. The van der Waals surface area contributed by atoms with E-state index in [1.54, 1.807) is 19.0 Å². The average molecular weight is 253 g/mol. The second-order valence-corrected chi connectivity index (χ2v) is 5.52. The first-order valence-corrected chi connectivity index (χ1v) is 7.17.